The molecule has 212 valence electrons. The van der Waals surface area contributed by atoms with Crippen molar-refractivity contribution in [3.05, 3.63) is 81.9 Å². The van der Waals surface area contributed by atoms with Crippen LogP contribution in [0, 0.1) is 5.92 Å². The maximum absolute atomic E-state index is 16.5. The lowest BCUT2D eigenvalue weighted by Gasteiger charge is -2.35. The van der Waals surface area contributed by atoms with E-state index in [4.69, 9.17) is 26.8 Å². The Morgan fingerprint density at radius 1 is 1.18 bits per heavy atom. The van der Waals surface area contributed by atoms with Crippen molar-refractivity contribution in [2.45, 2.75) is 62.4 Å². The molecule has 3 atom stereocenters. The van der Waals surface area contributed by atoms with Gasteiger partial charge in [0.2, 0.25) is 5.91 Å². The highest BCUT2D eigenvalue weighted by atomic mass is 35.5. The van der Waals surface area contributed by atoms with E-state index < -0.39 is 29.3 Å². The molecule has 0 saturated heterocycles. The van der Waals surface area contributed by atoms with Crippen LogP contribution in [0.5, 0.6) is 5.75 Å². The zero-order valence-electron chi connectivity index (χ0n) is 22.6. The highest BCUT2D eigenvalue weighted by Gasteiger charge is 2.48. The van der Waals surface area contributed by atoms with Crippen molar-refractivity contribution in [3.63, 3.8) is 0 Å². The number of nitrogens with one attached hydrogen (secondary N) is 1. The van der Waals surface area contributed by atoms with Gasteiger partial charge in [0.05, 0.1) is 5.92 Å². The first-order valence-corrected chi connectivity index (χ1v) is 13.9. The summed E-state index contributed by atoms with van der Waals surface area (Å²) in [6.45, 7) is 1.81. The molecule has 0 radical (unpaired) electrons. The number of carboxylic acid groups (broad SMARTS) is 1. The maximum atomic E-state index is 16.5. The van der Waals surface area contributed by atoms with Gasteiger partial charge < -0.3 is 25.6 Å². The Bertz CT molecular complexity index is 1370. The first-order chi connectivity index (χ1) is 19.1. The summed E-state index contributed by atoms with van der Waals surface area (Å²) in [6, 6.07) is 13.4. The van der Waals surface area contributed by atoms with Crippen molar-refractivity contribution in [2.75, 3.05) is 13.7 Å². The first kappa shape index (κ1) is 28.3. The topological polar surface area (TPSA) is 111 Å². The summed E-state index contributed by atoms with van der Waals surface area (Å²) in [5.74, 6) is -1.25. The van der Waals surface area contributed by atoms with E-state index in [-0.39, 0.29) is 28.1 Å². The second-order valence-corrected chi connectivity index (χ2v) is 11.5. The summed E-state index contributed by atoms with van der Waals surface area (Å²) >= 11 is 6.77. The van der Waals surface area contributed by atoms with Crippen LogP contribution >= 0.6 is 11.6 Å². The molecule has 2 aromatic carbocycles. The number of amides is 1. The summed E-state index contributed by atoms with van der Waals surface area (Å²) in [4.78, 5) is 23.9. The third-order valence-corrected chi connectivity index (χ3v) is 8.85. The minimum atomic E-state index is -2.09. The molecule has 1 amide bonds. The number of nitrogens with two attached hydrogens (primary N) is 1. The number of ether oxygens (including phenoxy) is 2. The van der Waals surface area contributed by atoms with Gasteiger partial charge in [0, 0.05) is 53.4 Å². The van der Waals surface area contributed by atoms with Gasteiger partial charge in [-0.25, -0.2) is 4.39 Å². The van der Waals surface area contributed by atoms with Gasteiger partial charge in [-0.2, -0.15) is 0 Å². The molecular formula is C31H34ClFN2O5. The van der Waals surface area contributed by atoms with Crippen LogP contribution in [0.25, 0.3) is 5.57 Å². The molecule has 2 aromatic rings. The lowest BCUT2D eigenvalue weighted by atomic mass is 9.76. The monoisotopic (exact) mass is 568 g/mol. The van der Waals surface area contributed by atoms with Crippen LogP contribution in [0.4, 0.5) is 4.39 Å². The number of alkyl halides is 1. The van der Waals surface area contributed by atoms with Gasteiger partial charge in [-0.15, -0.1) is 0 Å². The van der Waals surface area contributed by atoms with Crippen molar-refractivity contribution in [2.24, 2.45) is 11.7 Å². The second-order valence-electron chi connectivity index (χ2n) is 11.0. The highest BCUT2D eigenvalue weighted by molar-refractivity contribution is 6.33. The number of halogens is 2. The van der Waals surface area contributed by atoms with E-state index in [0.29, 0.717) is 42.7 Å². The summed E-state index contributed by atoms with van der Waals surface area (Å²) in [6.07, 6.45) is 5.18. The fourth-order valence-corrected chi connectivity index (χ4v) is 6.64. The minimum Gasteiger partial charge on any atom is -0.481 e. The van der Waals surface area contributed by atoms with Gasteiger partial charge >= 0.3 is 5.97 Å². The molecule has 40 heavy (non-hydrogen) atoms. The molecule has 1 aliphatic heterocycles. The first-order valence-electron chi connectivity index (χ1n) is 13.5. The van der Waals surface area contributed by atoms with E-state index in [0.717, 1.165) is 18.4 Å². The molecule has 7 nitrogen and oxygen atoms in total. The van der Waals surface area contributed by atoms with Gasteiger partial charge in [0.15, 0.2) is 11.3 Å². The van der Waals surface area contributed by atoms with E-state index in [2.05, 4.69) is 5.32 Å². The molecule has 3 aliphatic rings. The molecule has 4 N–H and O–H groups in total. The van der Waals surface area contributed by atoms with Crippen LogP contribution < -0.4 is 15.8 Å². The van der Waals surface area contributed by atoms with E-state index in [1.807, 2.05) is 30.3 Å². The Morgan fingerprint density at radius 3 is 2.50 bits per heavy atom. The van der Waals surface area contributed by atoms with Crippen LogP contribution in [-0.4, -0.2) is 48.5 Å². The van der Waals surface area contributed by atoms with Crippen molar-refractivity contribution in [1.29, 1.82) is 0 Å². The number of primary amides is 1. The molecular weight excluding hydrogens is 535 g/mol. The van der Waals surface area contributed by atoms with Crippen molar-refractivity contribution in [1.82, 2.24) is 5.32 Å². The highest BCUT2D eigenvalue weighted by Crippen LogP contribution is 2.51. The zero-order valence-corrected chi connectivity index (χ0v) is 23.3. The quantitative estimate of drug-likeness (QED) is 0.415. The van der Waals surface area contributed by atoms with Crippen molar-refractivity contribution in [3.8, 4) is 5.75 Å². The van der Waals surface area contributed by atoms with Crippen LogP contribution in [-0.2, 0) is 26.3 Å². The lowest BCUT2D eigenvalue weighted by Crippen LogP contribution is -2.47. The molecule has 0 spiro atoms. The van der Waals surface area contributed by atoms with Crippen LogP contribution in [0.2, 0.25) is 5.02 Å². The van der Waals surface area contributed by atoms with Crippen molar-refractivity contribution >= 4 is 29.1 Å². The third-order valence-electron chi connectivity index (χ3n) is 8.54. The molecule has 1 fully saturated rings. The fourth-order valence-electron chi connectivity index (χ4n) is 6.37. The number of carboxylic acids is 1. The van der Waals surface area contributed by atoms with Gasteiger partial charge in [0.1, 0.15) is 11.9 Å². The number of carbonyl (C=O) groups is 2. The number of fused-ring (bicyclic) bond motifs is 1. The Hall–Kier alpha value is -3.20. The SMILES string of the molecule is COC1C=CC(C(N)=O)=C(c2c(Cl)ccc3c2C[C@@](CN[C@H]2CC[C@@H](C(=O)O)CC2)(c2ccccc2)O3)C1(C)F. The number of benzene rings is 2. The van der Waals surface area contributed by atoms with E-state index >= 15 is 4.39 Å². The molecule has 5 rings (SSSR count). The Morgan fingerprint density at radius 2 is 1.88 bits per heavy atom. The number of hydrogen-bond donors (Lipinski definition) is 3. The van der Waals surface area contributed by atoms with Crippen LogP contribution in [0.1, 0.15) is 49.3 Å². The normalized spacial score (nSPS) is 29.6. The smallest absolute Gasteiger partial charge is 0.306 e. The second kappa shape index (κ2) is 11.0. The van der Waals surface area contributed by atoms with Crippen LogP contribution in [0.15, 0.2) is 60.2 Å². The maximum Gasteiger partial charge on any atom is 0.306 e. The third kappa shape index (κ3) is 5.04. The number of carbonyl (C=O) groups excluding carboxylic acids is 1. The van der Waals surface area contributed by atoms with Gasteiger partial charge in [-0.05, 0) is 50.3 Å². The molecule has 2 unspecified atom stereocenters. The number of methoxy groups -OCH3 is 1. The van der Waals surface area contributed by atoms with Gasteiger partial charge in [-0.1, -0.05) is 54.1 Å². The molecule has 0 aromatic heterocycles. The van der Waals surface area contributed by atoms with Gasteiger partial charge in [-0.3, -0.25) is 9.59 Å². The summed E-state index contributed by atoms with van der Waals surface area (Å²) < 4.78 is 28.7. The average molecular weight is 569 g/mol. The van der Waals surface area contributed by atoms with E-state index in [1.54, 1.807) is 12.1 Å². The summed E-state index contributed by atoms with van der Waals surface area (Å²) in [5, 5.41) is 13.3. The molecule has 1 heterocycles. The lowest BCUT2D eigenvalue weighted by molar-refractivity contribution is -0.142. The number of hydrogen-bond acceptors (Lipinski definition) is 5. The summed E-state index contributed by atoms with van der Waals surface area (Å²) in [7, 11) is 1.41. The zero-order chi connectivity index (χ0) is 28.7. The largest absolute Gasteiger partial charge is 0.481 e. The average Bonchev–Trinajstić information content (AvgIpc) is 3.32. The van der Waals surface area contributed by atoms with E-state index in [9.17, 15) is 14.7 Å². The fraction of sp³-hybridized carbons (Fsp3) is 0.419. The Balaban J connectivity index is 1.55. The van der Waals surface area contributed by atoms with Gasteiger partial charge in [0.25, 0.3) is 0 Å². The van der Waals surface area contributed by atoms with Crippen LogP contribution in [0.3, 0.4) is 0 Å². The van der Waals surface area contributed by atoms with E-state index in [1.165, 1.54) is 26.2 Å². The Kier molecular flexibility index (Phi) is 7.79. The summed E-state index contributed by atoms with van der Waals surface area (Å²) in [5.41, 5.74) is 4.94. The van der Waals surface area contributed by atoms with Crippen molar-refractivity contribution < 1.29 is 28.6 Å². The number of rotatable bonds is 8. The molecule has 1 saturated carbocycles. The standard InChI is InChI=1S/C31H34ClFN2O5/c1-30(33)25(39-2)15-12-21(28(34)36)27(30)26-22-16-31(19-6-4-3-5-7-19,40-24(22)14-13-23(26)32)17-35-20-10-8-18(9-11-20)29(37)38/h3-7,12-15,18,20,25,35H,8-11,16-17H2,1-2H3,(H2,34,36)(H,37,38)/t18-,20+,25?,30?,31-/m1/s1. The predicted molar refractivity (Wildman–Crippen MR) is 151 cm³/mol. The molecule has 0 bridgehead atoms. The predicted octanol–water partition coefficient (Wildman–Crippen LogP) is 4.96. The number of aliphatic carboxylic acids is 1. The Labute approximate surface area is 238 Å². The molecule has 9 heteroatoms. The molecule has 2 aliphatic carbocycles. The minimum absolute atomic E-state index is 0.0409.